The van der Waals surface area contributed by atoms with Crippen molar-refractivity contribution in [3.05, 3.63) is 114 Å². The molecular weight excluding hydrogens is 470 g/mol. The predicted molar refractivity (Wildman–Crippen MR) is 158 cm³/mol. The van der Waals surface area contributed by atoms with Gasteiger partial charge in [0, 0.05) is 30.4 Å². The van der Waals surface area contributed by atoms with E-state index in [0.717, 1.165) is 46.7 Å². The Bertz CT molecular complexity index is 1450. The van der Waals surface area contributed by atoms with E-state index in [1.807, 2.05) is 118 Å². The molecule has 0 atom stereocenters. The molecule has 1 amide bonds. The van der Waals surface area contributed by atoms with E-state index in [1.165, 1.54) is 0 Å². The summed E-state index contributed by atoms with van der Waals surface area (Å²) in [5, 5.41) is 11.9. The molecule has 0 radical (unpaired) electrons. The average Bonchev–Trinajstić information content (AvgIpc) is 2.96. The van der Waals surface area contributed by atoms with Gasteiger partial charge >= 0.3 is 0 Å². The van der Waals surface area contributed by atoms with E-state index in [-0.39, 0.29) is 5.91 Å². The summed E-state index contributed by atoms with van der Waals surface area (Å²) < 4.78 is 0. The van der Waals surface area contributed by atoms with Crippen LogP contribution in [0.25, 0.3) is 11.3 Å². The highest BCUT2D eigenvalue weighted by Gasteiger charge is 2.16. The number of rotatable bonds is 9. The minimum absolute atomic E-state index is 0.279. The van der Waals surface area contributed by atoms with Crippen molar-refractivity contribution in [3.63, 3.8) is 0 Å². The van der Waals surface area contributed by atoms with Crippen LogP contribution < -0.4 is 10.2 Å². The summed E-state index contributed by atoms with van der Waals surface area (Å²) in [6.45, 7) is 6.83. The van der Waals surface area contributed by atoms with Gasteiger partial charge < -0.3 is 10.2 Å². The summed E-state index contributed by atoms with van der Waals surface area (Å²) in [5.74, 6) is -0.279. The van der Waals surface area contributed by atoms with Gasteiger partial charge in [-0.25, -0.2) is 4.98 Å². The summed E-state index contributed by atoms with van der Waals surface area (Å²) in [5.41, 5.74) is 7.00. The van der Waals surface area contributed by atoms with E-state index in [4.69, 9.17) is 4.98 Å². The molecule has 0 unspecified atom stereocenters. The molecule has 0 bridgehead atoms. The zero-order valence-electron chi connectivity index (χ0n) is 22.3. The van der Waals surface area contributed by atoms with Gasteiger partial charge in [0.05, 0.1) is 22.8 Å². The monoisotopic (exact) mass is 503 g/mol. The second-order valence-corrected chi connectivity index (χ2v) is 9.12. The Balaban J connectivity index is 1.64. The van der Waals surface area contributed by atoms with Crippen LogP contribution in [0.15, 0.2) is 107 Å². The Labute approximate surface area is 224 Å². The van der Waals surface area contributed by atoms with Gasteiger partial charge in [0.2, 0.25) is 0 Å². The molecule has 6 nitrogen and oxygen atoms in total. The third-order valence-electron chi connectivity index (χ3n) is 6.22. The van der Waals surface area contributed by atoms with Gasteiger partial charge in [-0.3, -0.25) is 4.79 Å². The van der Waals surface area contributed by atoms with Crippen molar-refractivity contribution in [2.24, 2.45) is 10.2 Å². The molecule has 1 heterocycles. The summed E-state index contributed by atoms with van der Waals surface area (Å²) in [6, 6.07) is 31.3. The lowest BCUT2D eigenvalue weighted by Crippen LogP contribution is -2.20. The molecule has 0 aliphatic heterocycles. The third-order valence-corrected chi connectivity index (χ3v) is 6.22. The number of hydrogen-bond acceptors (Lipinski definition) is 5. The van der Waals surface area contributed by atoms with Gasteiger partial charge in [0.15, 0.2) is 0 Å². The molecule has 0 aliphatic carbocycles. The van der Waals surface area contributed by atoms with Crippen molar-refractivity contribution in [1.82, 2.24) is 4.98 Å². The minimum Gasteiger partial charge on any atom is -0.374 e. The Morgan fingerprint density at radius 3 is 2.18 bits per heavy atom. The number of pyridine rings is 1. The molecule has 4 rings (SSSR count). The van der Waals surface area contributed by atoms with E-state index in [9.17, 15) is 4.79 Å². The standard InChI is InChI=1S/C32H33N5O/c1-5-20-37(4)27-21-30(26-16-10-7-11-17-26)33-31(22-27)32(38)34-29-19-13-12-18-28(29)24(3)36-35-23(2)25-14-8-6-9-15-25/h6-19,21-22H,5,20H2,1-4H3,(H,34,38)/b35-23+,36-24+. The maximum Gasteiger partial charge on any atom is 0.274 e. The summed E-state index contributed by atoms with van der Waals surface area (Å²) in [6.07, 6.45) is 0.999. The fourth-order valence-electron chi connectivity index (χ4n) is 4.11. The van der Waals surface area contributed by atoms with Crippen LogP contribution in [-0.4, -0.2) is 35.9 Å². The molecule has 192 valence electrons. The Morgan fingerprint density at radius 1 is 0.842 bits per heavy atom. The lowest BCUT2D eigenvalue weighted by molar-refractivity contribution is 0.102. The van der Waals surface area contributed by atoms with Gasteiger partial charge in [-0.15, -0.1) is 0 Å². The molecule has 0 fully saturated rings. The smallest absolute Gasteiger partial charge is 0.274 e. The maximum absolute atomic E-state index is 13.5. The number of hydrogen-bond donors (Lipinski definition) is 1. The number of aromatic nitrogens is 1. The minimum atomic E-state index is -0.279. The largest absolute Gasteiger partial charge is 0.374 e. The molecule has 3 aromatic carbocycles. The maximum atomic E-state index is 13.5. The van der Waals surface area contributed by atoms with E-state index in [2.05, 4.69) is 27.3 Å². The molecule has 0 saturated heterocycles. The molecule has 0 spiro atoms. The van der Waals surface area contributed by atoms with Crippen LogP contribution in [0.4, 0.5) is 11.4 Å². The molecule has 0 aliphatic rings. The SMILES string of the molecule is CCCN(C)c1cc(C(=O)Nc2ccccc2/C(C)=N/N=C(\C)c2ccccc2)nc(-c2ccccc2)c1. The predicted octanol–water partition coefficient (Wildman–Crippen LogP) is 7.08. The van der Waals surface area contributed by atoms with Gasteiger partial charge in [0.1, 0.15) is 5.69 Å². The van der Waals surface area contributed by atoms with E-state index < -0.39 is 0 Å². The third kappa shape index (κ3) is 6.59. The highest BCUT2D eigenvalue weighted by Crippen LogP contribution is 2.25. The van der Waals surface area contributed by atoms with Crippen LogP contribution in [0.5, 0.6) is 0 Å². The first kappa shape index (κ1) is 26.5. The number of benzene rings is 3. The average molecular weight is 504 g/mol. The molecule has 0 saturated carbocycles. The van der Waals surface area contributed by atoms with Crippen LogP contribution in [0, 0.1) is 0 Å². The normalized spacial score (nSPS) is 11.8. The molecule has 1 N–H and O–H groups in total. The Hall–Kier alpha value is -4.58. The van der Waals surface area contributed by atoms with Crippen molar-refractivity contribution < 1.29 is 4.79 Å². The molecule has 38 heavy (non-hydrogen) atoms. The van der Waals surface area contributed by atoms with Gasteiger partial charge in [-0.1, -0.05) is 85.8 Å². The van der Waals surface area contributed by atoms with Gasteiger partial charge in [-0.05, 0) is 44.0 Å². The Kier molecular flexibility index (Phi) is 8.77. The lowest BCUT2D eigenvalue weighted by Gasteiger charge is -2.20. The fraction of sp³-hybridized carbons (Fsp3) is 0.188. The van der Waals surface area contributed by atoms with Crippen molar-refractivity contribution in [2.75, 3.05) is 23.8 Å². The zero-order valence-corrected chi connectivity index (χ0v) is 22.3. The zero-order chi connectivity index (χ0) is 26.9. The molecule has 1 aromatic heterocycles. The summed E-state index contributed by atoms with van der Waals surface area (Å²) in [7, 11) is 2.03. The summed E-state index contributed by atoms with van der Waals surface area (Å²) >= 11 is 0. The fourth-order valence-corrected chi connectivity index (χ4v) is 4.11. The van der Waals surface area contributed by atoms with Crippen LogP contribution >= 0.6 is 0 Å². The van der Waals surface area contributed by atoms with Crippen molar-refractivity contribution in [1.29, 1.82) is 0 Å². The van der Waals surface area contributed by atoms with Crippen LogP contribution in [0.3, 0.4) is 0 Å². The number of carbonyl (C=O) groups excluding carboxylic acids is 1. The van der Waals surface area contributed by atoms with Crippen molar-refractivity contribution in [3.8, 4) is 11.3 Å². The molecular formula is C32H33N5O. The summed E-state index contributed by atoms with van der Waals surface area (Å²) in [4.78, 5) is 20.4. The van der Waals surface area contributed by atoms with E-state index in [1.54, 1.807) is 0 Å². The quantitative estimate of drug-likeness (QED) is 0.196. The first-order valence-corrected chi connectivity index (χ1v) is 12.8. The van der Waals surface area contributed by atoms with Gasteiger partial charge in [0.25, 0.3) is 5.91 Å². The highest BCUT2D eigenvalue weighted by atomic mass is 16.1. The lowest BCUT2D eigenvalue weighted by atomic mass is 10.1. The highest BCUT2D eigenvalue weighted by molar-refractivity contribution is 6.10. The molecule has 4 aromatic rings. The van der Waals surface area contributed by atoms with E-state index in [0.29, 0.717) is 17.1 Å². The van der Waals surface area contributed by atoms with Crippen molar-refractivity contribution in [2.45, 2.75) is 27.2 Å². The number of nitrogens with one attached hydrogen (secondary N) is 1. The number of amides is 1. The number of anilines is 2. The van der Waals surface area contributed by atoms with Crippen LogP contribution in [0.1, 0.15) is 48.8 Å². The van der Waals surface area contributed by atoms with Gasteiger partial charge in [-0.2, -0.15) is 10.2 Å². The first-order valence-electron chi connectivity index (χ1n) is 12.8. The Morgan fingerprint density at radius 2 is 1.47 bits per heavy atom. The second kappa shape index (κ2) is 12.6. The van der Waals surface area contributed by atoms with Crippen LogP contribution in [0.2, 0.25) is 0 Å². The number of nitrogens with zero attached hydrogens (tertiary/aromatic N) is 4. The second-order valence-electron chi connectivity index (χ2n) is 9.12. The topological polar surface area (TPSA) is 70.0 Å². The molecule has 6 heteroatoms. The van der Waals surface area contributed by atoms with E-state index >= 15 is 0 Å². The number of carbonyl (C=O) groups is 1. The van der Waals surface area contributed by atoms with Crippen LogP contribution in [-0.2, 0) is 0 Å². The number of para-hydroxylation sites is 1. The van der Waals surface area contributed by atoms with Crippen molar-refractivity contribution >= 4 is 28.7 Å². The first-order chi connectivity index (χ1) is 18.5.